The first kappa shape index (κ1) is 25.1. The molecule has 1 amide bonds. The van der Waals surface area contributed by atoms with Crippen LogP contribution in [0, 0.1) is 5.92 Å². The van der Waals surface area contributed by atoms with Crippen LogP contribution in [0.3, 0.4) is 0 Å². The van der Waals surface area contributed by atoms with Crippen LogP contribution in [0.5, 0.6) is 0 Å². The molecule has 0 aromatic carbocycles. The monoisotopic (exact) mass is 431 g/mol. The summed E-state index contributed by atoms with van der Waals surface area (Å²) in [6.45, 7) is 1.94. The minimum absolute atomic E-state index is 0.467. The van der Waals surface area contributed by atoms with Gasteiger partial charge in [0.15, 0.2) is 0 Å². The predicted octanol–water partition coefficient (Wildman–Crippen LogP) is 1.54. The van der Waals surface area contributed by atoms with Gasteiger partial charge in [0, 0.05) is 6.54 Å². The topological polar surface area (TPSA) is 119 Å². The number of alkyl halides is 5. The second-order valence-corrected chi connectivity index (χ2v) is 6.96. The lowest BCUT2D eigenvalue weighted by atomic mass is 10.2. The van der Waals surface area contributed by atoms with Gasteiger partial charge in [0.2, 0.25) is 5.83 Å². The highest BCUT2D eigenvalue weighted by atomic mass is 32.2. The van der Waals surface area contributed by atoms with Gasteiger partial charge in [-0.15, -0.1) is 0 Å². The van der Waals surface area contributed by atoms with Crippen molar-refractivity contribution in [3.05, 3.63) is 12.4 Å². The average Bonchev–Trinajstić information content (AvgIpc) is 2.46. The van der Waals surface area contributed by atoms with Crippen LogP contribution >= 0.6 is 0 Å². The Morgan fingerprint density at radius 2 is 1.67 bits per heavy atom. The van der Waals surface area contributed by atoms with Crippen LogP contribution < -0.4 is 5.32 Å². The Hall–Kier alpha value is -1.87. The Bertz CT molecular complexity index is 691. The Labute approximate surface area is 149 Å². The molecule has 0 rings (SSSR count). The Balaban J connectivity index is 6.10. The lowest BCUT2D eigenvalue weighted by Crippen LogP contribution is -2.63. The van der Waals surface area contributed by atoms with E-state index in [-0.39, 0.29) is 0 Å². The van der Waals surface area contributed by atoms with E-state index in [4.69, 9.17) is 4.55 Å². The number of halogens is 6. The molecule has 0 heterocycles. The van der Waals surface area contributed by atoms with Crippen molar-refractivity contribution < 1.29 is 58.4 Å². The van der Waals surface area contributed by atoms with Gasteiger partial charge in [-0.3, -0.25) is 9.35 Å². The standard InChI is InChI=1S/C12H15F6NO7S/c1-6(2)4-19-9(21)11(12(16,17)18,26-8(20)7(3)13)25-5-10(14,15)27(22,23)24/h6H,3-5H2,1-2H3,(H,19,21)(H,22,23,24). The Morgan fingerprint density at radius 3 is 2.00 bits per heavy atom. The lowest BCUT2D eigenvalue weighted by molar-refractivity contribution is -0.353. The maximum atomic E-state index is 13.4. The van der Waals surface area contributed by atoms with Gasteiger partial charge in [-0.1, -0.05) is 20.4 Å². The Kier molecular flexibility index (Phi) is 7.85. The third-order valence-corrected chi connectivity index (χ3v) is 3.49. The molecule has 0 aliphatic rings. The molecular formula is C12H15F6NO7S. The van der Waals surface area contributed by atoms with Gasteiger partial charge in [0.05, 0.1) is 0 Å². The molecule has 0 saturated heterocycles. The molecule has 158 valence electrons. The number of hydrogen-bond acceptors (Lipinski definition) is 6. The molecule has 0 aliphatic carbocycles. The van der Waals surface area contributed by atoms with E-state index in [1.54, 1.807) is 5.32 Å². The summed E-state index contributed by atoms with van der Waals surface area (Å²) in [5.41, 5.74) is 0. The van der Waals surface area contributed by atoms with E-state index in [2.05, 4.69) is 16.1 Å². The fraction of sp³-hybridized carbons (Fsp3) is 0.667. The molecule has 0 saturated carbocycles. The van der Waals surface area contributed by atoms with E-state index in [9.17, 15) is 44.3 Å². The first-order valence-electron chi connectivity index (χ1n) is 6.79. The van der Waals surface area contributed by atoms with Gasteiger partial charge in [-0.2, -0.15) is 34.8 Å². The first-order chi connectivity index (χ1) is 11.9. The van der Waals surface area contributed by atoms with Crippen LogP contribution in [-0.4, -0.2) is 55.2 Å². The van der Waals surface area contributed by atoms with Crippen LogP contribution in [-0.2, 0) is 29.2 Å². The molecule has 1 atom stereocenters. The molecule has 0 aromatic heterocycles. The van der Waals surface area contributed by atoms with Gasteiger partial charge in [0.25, 0.3) is 0 Å². The first-order valence-corrected chi connectivity index (χ1v) is 8.23. The minimum Gasteiger partial charge on any atom is -0.410 e. The van der Waals surface area contributed by atoms with Gasteiger partial charge in [-0.05, 0) is 5.92 Å². The summed E-state index contributed by atoms with van der Waals surface area (Å²) in [6, 6.07) is 0. The highest BCUT2D eigenvalue weighted by Gasteiger charge is 2.68. The quantitative estimate of drug-likeness (QED) is 0.187. The summed E-state index contributed by atoms with van der Waals surface area (Å²) in [5, 5.41) is -3.74. The second kappa shape index (κ2) is 8.43. The molecule has 0 aliphatic heterocycles. The molecule has 0 radical (unpaired) electrons. The van der Waals surface area contributed by atoms with Crippen molar-refractivity contribution in [2.24, 2.45) is 5.92 Å². The number of carbonyl (C=O) groups excluding carboxylic acids is 2. The van der Waals surface area contributed by atoms with E-state index in [0.717, 1.165) is 0 Å². The highest BCUT2D eigenvalue weighted by molar-refractivity contribution is 7.86. The lowest BCUT2D eigenvalue weighted by Gasteiger charge is -2.33. The summed E-state index contributed by atoms with van der Waals surface area (Å²) in [4.78, 5) is 23.1. The van der Waals surface area contributed by atoms with E-state index >= 15 is 0 Å². The van der Waals surface area contributed by atoms with Crippen molar-refractivity contribution in [3.63, 3.8) is 0 Å². The summed E-state index contributed by atoms with van der Waals surface area (Å²) in [6.07, 6.45) is -6.06. The van der Waals surface area contributed by atoms with E-state index in [0.29, 0.717) is 0 Å². The zero-order valence-electron chi connectivity index (χ0n) is 13.8. The van der Waals surface area contributed by atoms with Crippen molar-refractivity contribution in [2.45, 2.75) is 31.1 Å². The van der Waals surface area contributed by atoms with Crippen molar-refractivity contribution in [1.82, 2.24) is 5.32 Å². The van der Waals surface area contributed by atoms with Crippen LogP contribution in [0.2, 0.25) is 0 Å². The molecule has 0 bridgehead atoms. The number of carbonyl (C=O) groups is 2. The third kappa shape index (κ3) is 6.35. The maximum Gasteiger partial charge on any atom is 0.466 e. The number of ether oxygens (including phenoxy) is 2. The van der Waals surface area contributed by atoms with E-state index < -0.39 is 64.1 Å². The van der Waals surface area contributed by atoms with Crippen molar-refractivity contribution >= 4 is 22.0 Å². The third-order valence-electron chi connectivity index (χ3n) is 2.62. The Morgan fingerprint density at radius 1 is 1.19 bits per heavy atom. The predicted molar refractivity (Wildman–Crippen MR) is 75.4 cm³/mol. The van der Waals surface area contributed by atoms with Gasteiger partial charge in [0.1, 0.15) is 6.61 Å². The molecule has 15 heteroatoms. The van der Waals surface area contributed by atoms with Crippen LogP contribution in [0.15, 0.2) is 12.4 Å². The molecule has 0 aromatic rings. The van der Waals surface area contributed by atoms with Gasteiger partial charge >= 0.3 is 39.2 Å². The minimum atomic E-state index is -6.26. The van der Waals surface area contributed by atoms with Crippen molar-refractivity contribution in [2.75, 3.05) is 13.2 Å². The number of rotatable bonds is 9. The molecular weight excluding hydrogens is 416 g/mol. The molecule has 1 unspecified atom stereocenters. The zero-order valence-corrected chi connectivity index (χ0v) is 14.6. The average molecular weight is 431 g/mol. The molecule has 8 nitrogen and oxygen atoms in total. The van der Waals surface area contributed by atoms with Gasteiger partial charge < -0.3 is 14.8 Å². The number of nitrogens with one attached hydrogen (secondary N) is 1. The number of amides is 1. The molecule has 0 spiro atoms. The SMILES string of the molecule is C=C(F)C(=O)OC(OCC(F)(F)S(=O)(=O)O)(C(=O)NCC(C)C)C(F)(F)F. The van der Waals surface area contributed by atoms with E-state index in [1.165, 1.54) is 13.8 Å². The van der Waals surface area contributed by atoms with Crippen molar-refractivity contribution in [3.8, 4) is 0 Å². The van der Waals surface area contributed by atoms with E-state index in [1.807, 2.05) is 0 Å². The summed E-state index contributed by atoms with van der Waals surface area (Å²) in [5.74, 6) is -12.3. The number of hydrogen-bond donors (Lipinski definition) is 2. The molecule has 27 heavy (non-hydrogen) atoms. The van der Waals surface area contributed by atoms with Gasteiger partial charge in [-0.25, -0.2) is 4.79 Å². The fourth-order valence-electron chi connectivity index (χ4n) is 1.27. The van der Waals surface area contributed by atoms with Crippen LogP contribution in [0.1, 0.15) is 13.8 Å². The maximum absolute atomic E-state index is 13.4. The smallest absolute Gasteiger partial charge is 0.410 e. The molecule has 0 fully saturated rings. The summed E-state index contributed by atoms with van der Waals surface area (Å²) >= 11 is 0. The highest BCUT2D eigenvalue weighted by Crippen LogP contribution is 2.38. The number of esters is 1. The zero-order chi connectivity index (χ0) is 21.8. The fourth-order valence-corrected chi connectivity index (χ4v) is 1.48. The summed E-state index contributed by atoms with van der Waals surface area (Å²) in [7, 11) is -6.26. The van der Waals surface area contributed by atoms with Crippen LogP contribution in [0.4, 0.5) is 26.3 Å². The second-order valence-electron chi connectivity index (χ2n) is 5.41. The normalized spacial score (nSPS) is 15.2. The molecule has 2 N–H and O–H groups in total. The van der Waals surface area contributed by atoms with Crippen molar-refractivity contribution in [1.29, 1.82) is 0 Å². The summed E-state index contributed by atoms with van der Waals surface area (Å²) < 4.78 is 116. The largest absolute Gasteiger partial charge is 0.466 e. The van der Waals surface area contributed by atoms with Crippen LogP contribution in [0.25, 0.3) is 0 Å².